The Kier molecular flexibility index (Phi) is 5.40. The highest BCUT2D eigenvalue weighted by molar-refractivity contribution is 5.42. The summed E-state index contributed by atoms with van der Waals surface area (Å²) in [6.45, 7) is 4.11. The van der Waals surface area contributed by atoms with Gasteiger partial charge < -0.3 is 9.84 Å². The first-order valence-corrected chi connectivity index (χ1v) is 7.24. The fraction of sp³-hybridized carbons (Fsp3) is 0.562. The van der Waals surface area contributed by atoms with Crippen LogP contribution in [0.25, 0.3) is 0 Å². The fourth-order valence-corrected chi connectivity index (χ4v) is 2.62. The second-order valence-electron chi connectivity index (χ2n) is 5.41. The van der Waals surface area contributed by atoms with Gasteiger partial charge in [0, 0.05) is 12.6 Å². The van der Waals surface area contributed by atoms with Gasteiger partial charge in [-0.2, -0.15) is 5.26 Å². The number of para-hydroxylation sites is 1. The normalized spacial score (nSPS) is 21.1. The molecule has 1 aromatic rings. The highest BCUT2D eigenvalue weighted by atomic mass is 16.5. The monoisotopic (exact) mass is 274 g/mol. The summed E-state index contributed by atoms with van der Waals surface area (Å²) in [5.74, 6) is 0.542. The first-order valence-electron chi connectivity index (χ1n) is 7.24. The Bertz CT molecular complexity index is 470. The van der Waals surface area contributed by atoms with E-state index in [0.717, 1.165) is 6.54 Å². The van der Waals surface area contributed by atoms with Crippen molar-refractivity contribution >= 4 is 0 Å². The number of aliphatic hydroxyl groups excluding tert-OH is 1. The number of nitrogens with zero attached hydrogens (tertiary/aromatic N) is 2. The number of likely N-dealkylation sites (tertiary alicyclic amines) is 1. The van der Waals surface area contributed by atoms with E-state index in [1.807, 2.05) is 6.07 Å². The summed E-state index contributed by atoms with van der Waals surface area (Å²) in [7, 11) is 0. The molecule has 2 atom stereocenters. The molecule has 1 N–H and O–H groups in total. The van der Waals surface area contributed by atoms with Crippen LogP contribution in [-0.4, -0.2) is 41.8 Å². The molecule has 2 unspecified atom stereocenters. The van der Waals surface area contributed by atoms with Crippen molar-refractivity contribution < 1.29 is 9.84 Å². The number of hydrogen-bond donors (Lipinski definition) is 1. The maximum atomic E-state index is 10.1. The van der Waals surface area contributed by atoms with Gasteiger partial charge in [0.15, 0.2) is 0 Å². The molecule has 0 aliphatic carbocycles. The maximum absolute atomic E-state index is 10.1. The summed E-state index contributed by atoms with van der Waals surface area (Å²) in [6.07, 6.45) is 3.15. The Balaban J connectivity index is 1.83. The molecule has 0 aromatic heterocycles. The minimum atomic E-state index is -0.526. The Hall–Kier alpha value is -1.57. The number of benzene rings is 1. The summed E-state index contributed by atoms with van der Waals surface area (Å²) in [5.41, 5.74) is 0.506. The SMILES string of the molecule is CC1CCCCN1CC(O)COc1ccccc1C#N. The van der Waals surface area contributed by atoms with Gasteiger partial charge in [0.2, 0.25) is 0 Å². The molecule has 1 aliphatic rings. The van der Waals surface area contributed by atoms with Crippen molar-refractivity contribution in [2.75, 3.05) is 19.7 Å². The molecule has 1 aliphatic heterocycles. The van der Waals surface area contributed by atoms with Gasteiger partial charge >= 0.3 is 0 Å². The largest absolute Gasteiger partial charge is 0.489 e. The zero-order chi connectivity index (χ0) is 14.4. The number of β-amino-alcohol motifs (C(OH)–C–C–N with tert-alkyl or cyclic N) is 1. The second-order valence-corrected chi connectivity index (χ2v) is 5.41. The molecule has 108 valence electrons. The van der Waals surface area contributed by atoms with E-state index in [4.69, 9.17) is 10.00 Å². The number of piperidine rings is 1. The summed E-state index contributed by atoms with van der Waals surface area (Å²) >= 11 is 0. The van der Waals surface area contributed by atoms with Gasteiger partial charge in [-0.1, -0.05) is 18.6 Å². The predicted octanol–water partition coefficient (Wildman–Crippen LogP) is 2.17. The lowest BCUT2D eigenvalue weighted by molar-refractivity contribution is 0.0437. The molecule has 1 saturated heterocycles. The zero-order valence-electron chi connectivity index (χ0n) is 12.0. The van der Waals surface area contributed by atoms with Crippen LogP contribution in [0.4, 0.5) is 0 Å². The number of hydrogen-bond acceptors (Lipinski definition) is 4. The molecule has 2 rings (SSSR count). The molecule has 0 bridgehead atoms. The van der Waals surface area contributed by atoms with Gasteiger partial charge in [-0.25, -0.2) is 0 Å². The summed E-state index contributed by atoms with van der Waals surface area (Å²) in [6, 6.07) is 9.73. The van der Waals surface area contributed by atoms with Crippen molar-refractivity contribution in [3.8, 4) is 11.8 Å². The fourth-order valence-electron chi connectivity index (χ4n) is 2.62. The van der Waals surface area contributed by atoms with Crippen LogP contribution in [0.1, 0.15) is 31.7 Å². The molecule has 0 saturated carbocycles. The van der Waals surface area contributed by atoms with Crippen LogP contribution in [0.3, 0.4) is 0 Å². The van der Waals surface area contributed by atoms with Crippen LogP contribution in [0.15, 0.2) is 24.3 Å². The number of ether oxygens (including phenoxy) is 1. The van der Waals surface area contributed by atoms with Crippen LogP contribution >= 0.6 is 0 Å². The van der Waals surface area contributed by atoms with E-state index in [0.29, 0.717) is 23.9 Å². The first kappa shape index (κ1) is 14.8. The van der Waals surface area contributed by atoms with Crippen molar-refractivity contribution in [2.45, 2.75) is 38.3 Å². The third-order valence-electron chi connectivity index (χ3n) is 3.82. The molecule has 4 nitrogen and oxygen atoms in total. The molecule has 0 spiro atoms. The van der Waals surface area contributed by atoms with Crippen LogP contribution in [0, 0.1) is 11.3 Å². The Morgan fingerprint density at radius 3 is 3.00 bits per heavy atom. The molecular weight excluding hydrogens is 252 g/mol. The maximum Gasteiger partial charge on any atom is 0.137 e. The van der Waals surface area contributed by atoms with Crippen molar-refractivity contribution in [1.82, 2.24) is 4.90 Å². The van der Waals surface area contributed by atoms with Crippen molar-refractivity contribution in [3.05, 3.63) is 29.8 Å². The molecule has 1 heterocycles. The van der Waals surface area contributed by atoms with E-state index in [1.54, 1.807) is 18.2 Å². The lowest BCUT2D eigenvalue weighted by Gasteiger charge is -2.34. The smallest absolute Gasteiger partial charge is 0.137 e. The summed E-state index contributed by atoms with van der Waals surface area (Å²) < 4.78 is 5.57. The molecule has 0 amide bonds. The third-order valence-corrected chi connectivity index (χ3v) is 3.82. The van der Waals surface area contributed by atoms with E-state index >= 15 is 0 Å². The average molecular weight is 274 g/mol. The minimum Gasteiger partial charge on any atom is -0.489 e. The quantitative estimate of drug-likeness (QED) is 0.894. The zero-order valence-corrected chi connectivity index (χ0v) is 12.0. The van der Waals surface area contributed by atoms with Gasteiger partial charge in [0.1, 0.15) is 24.5 Å². The number of rotatable bonds is 5. The third kappa shape index (κ3) is 3.96. The highest BCUT2D eigenvalue weighted by Crippen LogP contribution is 2.18. The molecule has 4 heteroatoms. The highest BCUT2D eigenvalue weighted by Gasteiger charge is 2.21. The minimum absolute atomic E-state index is 0.224. The Labute approximate surface area is 120 Å². The topological polar surface area (TPSA) is 56.5 Å². The molecule has 0 radical (unpaired) electrons. The lowest BCUT2D eigenvalue weighted by atomic mass is 10.0. The van der Waals surface area contributed by atoms with Crippen LogP contribution < -0.4 is 4.74 Å². The Morgan fingerprint density at radius 2 is 2.25 bits per heavy atom. The summed E-state index contributed by atoms with van der Waals surface area (Å²) in [5, 5.41) is 19.1. The first-order chi connectivity index (χ1) is 9.70. The van der Waals surface area contributed by atoms with Gasteiger partial charge in [0.25, 0.3) is 0 Å². The van der Waals surface area contributed by atoms with E-state index < -0.39 is 6.10 Å². The van der Waals surface area contributed by atoms with E-state index in [1.165, 1.54) is 19.3 Å². The van der Waals surface area contributed by atoms with Crippen molar-refractivity contribution in [3.63, 3.8) is 0 Å². The molecule has 1 aromatic carbocycles. The van der Waals surface area contributed by atoms with E-state index in [9.17, 15) is 5.11 Å². The van der Waals surface area contributed by atoms with Crippen LogP contribution in [-0.2, 0) is 0 Å². The van der Waals surface area contributed by atoms with Gasteiger partial charge in [0.05, 0.1) is 5.56 Å². The predicted molar refractivity (Wildman–Crippen MR) is 77.5 cm³/mol. The lowest BCUT2D eigenvalue weighted by Crippen LogP contribution is -2.43. The van der Waals surface area contributed by atoms with Gasteiger partial charge in [-0.3, -0.25) is 4.90 Å². The van der Waals surface area contributed by atoms with Gasteiger partial charge in [-0.05, 0) is 38.4 Å². The van der Waals surface area contributed by atoms with Gasteiger partial charge in [-0.15, -0.1) is 0 Å². The van der Waals surface area contributed by atoms with E-state index in [-0.39, 0.29) is 6.61 Å². The second kappa shape index (κ2) is 7.28. The van der Waals surface area contributed by atoms with E-state index in [2.05, 4.69) is 17.9 Å². The van der Waals surface area contributed by atoms with Crippen LogP contribution in [0.5, 0.6) is 5.75 Å². The van der Waals surface area contributed by atoms with Crippen LogP contribution in [0.2, 0.25) is 0 Å². The van der Waals surface area contributed by atoms with Crippen molar-refractivity contribution in [2.24, 2.45) is 0 Å². The molecule has 1 fully saturated rings. The average Bonchev–Trinajstić information content (AvgIpc) is 2.48. The number of aliphatic hydroxyl groups is 1. The standard InChI is InChI=1S/C16H22N2O2/c1-13-6-4-5-9-18(13)11-15(19)12-20-16-8-3-2-7-14(16)10-17/h2-3,7-8,13,15,19H,4-6,9,11-12H2,1H3. The number of nitriles is 1. The Morgan fingerprint density at radius 1 is 1.45 bits per heavy atom. The van der Waals surface area contributed by atoms with Crippen molar-refractivity contribution in [1.29, 1.82) is 5.26 Å². The molecular formula is C16H22N2O2. The molecule has 20 heavy (non-hydrogen) atoms. The summed E-state index contributed by atoms with van der Waals surface area (Å²) in [4.78, 5) is 2.31.